The van der Waals surface area contributed by atoms with Crippen LogP contribution in [0.2, 0.25) is 0 Å². The van der Waals surface area contributed by atoms with Crippen molar-refractivity contribution in [2.24, 2.45) is 0 Å². The topological polar surface area (TPSA) is 68.7 Å². The van der Waals surface area contributed by atoms with Gasteiger partial charge >= 0.3 is 174 Å². The summed E-state index contributed by atoms with van der Waals surface area (Å²) >= 11 is -0.138. The van der Waals surface area contributed by atoms with Crippen LogP contribution in [-0.4, -0.2) is 44.9 Å². The Kier molecular flexibility index (Phi) is 6.92. The Bertz CT molecular complexity index is 833. The first-order valence-electron chi connectivity index (χ1n) is 9.11. The second-order valence-corrected chi connectivity index (χ2v) is 10.9. The third-order valence-corrected chi connectivity index (χ3v) is 6.29. The predicted molar refractivity (Wildman–Crippen MR) is 113 cm³/mol. The number of carboxylic acid groups (broad SMARTS) is 1. The summed E-state index contributed by atoms with van der Waals surface area (Å²) in [5.41, 5.74) is 2.45. The third kappa shape index (κ3) is 5.57. The first kappa shape index (κ1) is 22.4. The number of pyridine rings is 1. The van der Waals surface area contributed by atoms with E-state index in [9.17, 15) is 4.79 Å². The van der Waals surface area contributed by atoms with Crippen molar-refractivity contribution in [1.29, 1.82) is 0 Å². The number of methoxy groups -OCH3 is 1. The number of aromatic carboxylic acids is 1. The molecule has 2 aromatic rings. The van der Waals surface area contributed by atoms with Gasteiger partial charge < -0.3 is 0 Å². The number of aromatic nitrogens is 1. The van der Waals surface area contributed by atoms with Crippen LogP contribution >= 0.6 is 0 Å². The molecule has 0 spiro atoms. The molecule has 6 heteroatoms. The van der Waals surface area contributed by atoms with Gasteiger partial charge in [-0.1, -0.05) is 0 Å². The zero-order chi connectivity index (χ0) is 21.1. The quantitative estimate of drug-likeness (QED) is 0.541. The van der Waals surface area contributed by atoms with E-state index in [0.717, 1.165) is 20.4 Å². The van der Waals surface area contributed by atoms with Gasteiger partial charge in [0.2, 0.25) is 0 Å². The summed E-state index contributed by atoms with van der Waals surface area (Å²) in [4.78, 5) is 15.4. The minimum atomic E-state index is -0.972. The Morgan fingerprint density at radius 2 is 1.79 bits per heavy atom. The second kappa shape index (κ2) is 8.64. The van der Waals surface area contributed by atoms with Gasteiger partial charge in [-0.25, -0.2) is 0 Å². The summed E-state index contributed by atoms with van der Waals surface area (Å²) < 4.78 is 13.1. The van der Waals surface area contributed by atoms with E-state index < -0.39 is 5.97 Å². The Morgan fingerprint density at radius 1 is 1.11 bits per heavy atom. The first-order chi connectivity index (χ1) is 12.9. The van der Waals surface area contributed by atoms with Crippen molar-refractivity contribution >= 4 is 30.0 Å². The van der Waals surface area contributed by atoms with Crippen LogP contribution in [0.15, 0.2) is 30.5 Å². The van der Waals surface area contributed by atoms with Crippen molar-refractivity contribution in [2.45, 2.75) is 52.4 Å². The van der Waals surface area contributed by atoms with E-state index in [0.29, 0.717) is 0 Å². The fourth-order valence-corrected chi connectivity index (χ4v) is 4.53. The molecule has 0 fully saturated rings. The molecule has 1 N–H and O–H groups in total. The van der Waals surface area contributed by atoms with E-state index in [1.54, 1.807) is 19.2 Å². The molecule has 28 heavy (non-hydrogen) atoms. The van der Waals surface area contributed by atoms with Gasteiger partial charge in [0, 0.05) is 0 Å². The monoisotopic (exact) mass is 451 g/mol. The van der Waals surface area contributed by atoms with Crippen LogP contribution in [0.3, 0.4) is 0 Å². The summed E-state index contributed by atoms with van der Waals surface area (Å²) in [7, 11) is 1.61. The summed E-state index contributed by atoms with van der Waals surface area (Å²) in [5, 5.41) is 9.09. The van der Waals surface area contributed by atoms with E-state index in [1.807, 2.05) is 0 Å². The first-order valence-corrected chi connectivity index (χ1v) is 10.8. The van der Waals surface area contributed by atoms with Gasteiger partial charge in [0.15, 0.2) is 0 Å². The molecule has 1 heterocycles. The van der Waals surface area contributed by atoms with Crippen molar-refractivity contribution in [1.82, 2.24) is 4.98 Å². The minimum absolute atomic E-state index is 0.00872. The summed E-state index contributed by atoms with van der Waals surface area (Å²) in [5.74, 6) is -0.133. The van der Waals surface area contributed by atoms with Gasteiger partial charge in [0.1, 0.15) is 0 Å². The van der Waals surface area contributed by atoms with Gasteiger partial charge in [-0.2, -0.15) is 0 Å². The number of carbonyl (C=O) groups is 1. The maximum atomic E-state index is 11.1. The zero-order valence-electron chi connectivity index (χ0n) is 17.6. The molecule has 1 aromatic carbocycles. The Balaban J connectivity index is 2.59. The number of hydrogen-bond acceptors (Lipinski definition) is 4. The normalized spacial score (nSPS) is 12.1. The molecule has 0 saturated carbocycles. The fourth-order valence-electron chi connectivity index (χ4n) is 2.61. The van der Waals surface area contributed by atoms with Crippen LogP contribution in [0, 0.1) is 0 Å². The van der Waals surface area contributed by atoms with Crippen LogP contribution in [0.25, 0.3) is 0 Å². The number of benzene rings is 1. The zero-order valence-corrected chi connectivity index (χ0v) is 19.3. The number of hydrogen-bond donors (Lipinski definition) is 1. The molecule has 5 nitrogen and oxygen atoms in total. The van der Waals surface area contributed by atoms with Crippen molar-refractivity contribution in [3.63, 3.8) is 0 Å². The molecule has 0 bridgehead atoms. The van der Waals surface area contributed by atoms with E-state index in [-0.39, 0.29) is 38.1 Å². The number of nitrogens with zero attached hydrogens (tertiary/aromatic N) is 1. The Hall–Kier alpha value is -1.88. The van der Waals surface area contributed by atoms with Crippen LogP contribution in [0.1, 0.15) is 63.0 Å². The van der Waals surface area contributed by atoms with Crippen molar-refractivity contribution < 1.29 is 19.4 Å². The molecule has 0 radical (unpaired) electrons. The van der Waals surface area contributed by atoms with Crippen LogP contribution in [0.5, 0.6) is 5.75 Å². The molecule has 2 rings (SSSR count). The van der Waals surface area contributed by atoms with Crippen LogP contribution in [0.4, 0.5) is 0 Å². The van der Waals surface area contributed by atoms with E-state index >= 15 is 0 Å². The molecule has 0 aliphatic heterocycles. The van der Waals surface area contributed by atoms with Crippen LogP contribution < -0.4 is 13.8 Å². The average molecular weight is 450 g/mol. The molecular weight excluding hydrogens is 421 g/mol. The third-order valence-electron chi connectivity index (χ3n) is 4.25. The molecule has 152 valence electrons. The van der Waals surface area contributed by atoms with Gasteiger partial charge in [0.05, 0.1) is 0 Å². The molecule has 0 unspecified atom stereocenters. The number of carboxylic acids is 1. The van der Waals surface area contributed by atoms with Gasteiger partial charge in [-0.15, -0.1) is 0 Å². The summed E-state index contributed by atoms with van der Waals surface area (Å²) in [6.07, 6.45) is 1.41. The molecule has 1 aromatic heterocycles. The van der Waals surface area contributed by atoms with Gasteiger partial charge in [-0.3, -0.25) is 0 Å². The fraction of sp³-hybridized carbons (Fsp3) is 0.455. The molecule has 0 atom stereocenters. The van der Waals surface area contributed by atoms with Crippen molar-refractivity contribution in [3.05, 3.63) is 47.2 Å². The molecular formula is C22H29NO4Se. The van der Waals surface area contributed by atoms with Crippen molar-refractivity contribution in [3.8, 4) is 5.75 Å². The van der Waals surface area contributed by atoms with Crippen LogP contribution in [-0.2, 0) is 15.6 Å². The maximum absolute atomic E-state index is 11.1. The summed E-state index contributed by atoms with van der Waals surface area (Å²) in [6.45, 7) is 13.3. The average Bonchev–Trinajstić information content (AvgIpc) is 2.58. The molecule has 0 saturated heterocycles. The van der Waals surface area contributed by atoms with E-state index in [2.05, 4.69) is 58.7 Å². The molecule has 0 aliphatic rings. The van der Waals surface area contributed by atoms with Crippen molar-refractivity contribution in [2.75, 3.05) is 13.9 Å². The standard InChI is InChI=1S/C22H29NO4Se/c1-21(2,3)15-10-16(22(4,5)6)19(27-13-26-7)17(11-15)28-18-9-8-14(12-23-18)20(24)25/h8-12H,13H2,1-7H3,(H,24,25). The van der Waals surface area contributed by atoms with E-state index in [1.165, 1.54) is 11.8 Å². The Morgan fingerprint density at radius 3 is 2.25 bits per heavy atom. The molecule has 0 aliphatic carbocycles. The molecule has 0 amide bonds. The summed E-state index contributed by atoms with van der Waals surface area (Å²) in [6, 6.07) is 7.79. The predicted octanol–water partition coefficient (Wildman–Crippen LogP) is 3.01. The second-order valence-electron chi connectivity index (χ2n) is 8.69. The number of ether oxygens (including phenoxy) is 2. The Labute approximate surface area is 173 Å². The number of rotatable bonds is 6. The van der Waals surface area contributed by atoms with Gasteiger partial charge in [0.25, 0.3) is 0 Å². The SMILES string of the molecule is COCOc1c([Se]c2ccc(C(=O)O)cn2)cc(C(C)(C)C)cc1C(C)(C)C. The van der Waals surface area contributed by atoms with E-state index in [4.69, 9.17) is 14.6 Å². The van der Waals surface area contributed by atoms with Gasteiger partial charge in [-0.05, 0) is 0 Å².